The third-order valence-corrected chi connectivity index (χ3v) is 5.43. The molecule has 0 N–H and O–H groups in total. The van der Waals surface area contributed by atoms with E-state index in [0.29, 0.717) is 30.0 Å². The van der Waals surface area contributed by atoms with Crippen molar-refractivity contribution in [3.8, 4) is 5.69 Å². The number of hydrogen-bond donors (Lipinski definition) is 0. The van der Waals surface area contributed by atoms with E-state index in [1.807, 2.05) is 18.2 Å². The fourth-order valence-electron chi connectivity index (χ4n) is 3.52. The Morgan fingerprint density at radius 3 is 2.34 bits per heavy atom. The van der Waals surface area contributed by atoms with Gasteiger partial charge in [-0.25, -0.2) is 0 Å². The minimum atomic E-state index is -4.37. The van der Waals surface area contributed by atoms with Crippen LogP contribution in [0.25, 0.3) is 5.69 Å². The standard InChI is InChI=1S/C21H22F3N5/c1-15(17-7-8-17)28(13-16-5-3-2-4-6-16)14-20-25-26-27-29(20)19-11-9-18(10-12-19)21(22,23)24/h2-6,9-12,15,17H,7-8,13-14H2,1H3. The summed E-state index contributed by atoms with van der Waals surface area (Å²) in [6, 6.07) is 15.5. The Morgan fingerprint density at radius 1 is 1.03 bits per heavy atom. The number of benzene rings is 2. The molecule has 0 aliphatic heterocycles. The van der Waals surface area contributed by atoms with Crippen LogP contribution in [-0.2, 0) is 19.3 Å². The van der Waals surface area contributed by atoms with Crippen LogP contribution in [0.4, 0.5) is 13.2 Å². The van der Waals surface area contributed by atoms with E-state index in [1.54, 1.807) is 0 Å². The van der Waals surface area contributed by atoms with Crippen LogP contribution in [0, 0.1) is 5.92 Å². The van der Waals surface area contributed by atoms with E-state index in [4.69, 9.17) is 0 Å². The van der Waals surface area contributed by atoms with Gasteiger partial charge in [-0.2, -0.15) is 17.9 Å². The molecule has 2 aromatic carbocycles. The van der Waals surface area contributed by atoms with E-state index in [1.165, 1.54) is 35.2 Å². The van der Waals surface area contributed by atoms with Crippen LogP contribution in [0.15, 0.2) is 54.6 Å². The van der Waals surface area contributed by atoms with Crippen LogP contribution in [-0.4, -0.2) is 31.1 Å². The molecule has 0 spiro atoms. The Kier molecular flexibility index (Phi) is 5.36. The average Bonchev–Trinajstić information content (AvgIpc) is 3.46. The Bertz CT molecular complexity index is 933. The zero-order chi connectivity index (χ0) is 20.4. The van der Waals surface area contributed by atoms with Gasteiger partial charge in [0.1, 0.15) is 0 Å². The molecule has 1 aliphatic rings. The maximum atomic E-state index is 12.8. The van der Waals surface area contributed by atoms with Crippen molar-refractivity contribution >= 4 is 0 Å². The van der Waals surface area contributed by atoms with E-state index < -0.39 is 11.7 Å². The number of aromatic nitrogens is 4. The van der Waals surface area contributed by atoms with Crippen molar-refractivity contribution < 1.29 is 13.2 Å². The Labute approximate surface area is 167 Å². The van der Waals surface area contributed by atoms with Crippen LogP contribution in [0.3, 0.4) is 0 Å². The molecule has 1 fully saturated rings. The van der Waals surface area contributed by atoms with E-state index in [9.17, 15) is 13.2 Å². The first kappa shape index (κ1) is 19.6. The van der Waals surface area contributed by atoms with Crippen LogP contribution in [0.2, 0.25) is 0 Å². The summed E-state index contributed by atoms with van der Waals surface area (Å²) in [5, 5.41) is 11.9. The minimum absolute atomic E-state index is 0.368. The highest BCUT2D eigenvalue weighted by Gasteiger charge is 2.33. The van der Waals surface area contributed by atoms with Gasteiger partial charge in [0.15, 0.2) is 5.82 Å². The summed E-state index contributed by atoms with van der Waals surface area (Å²) in [7, 11) is 0. The molecule has 0 amide bonds. The van der Waals surface area contributed by atoms with Crippen molar-refractivity contribution in [2.45, 2.75) is 45.1 Å². The monoisotopic (exact) mass is 401 g/mol. The number of nitrogens with zero attached hydrogens (tertiary/aromatic N) is 5. The molecule has 0 saturated heterocycles. The molecular weight excluding hydrogens is 379 g/mol. The topological polar surface area (TPSA) is 46.8 Å². The van der Waals surface area contributed by atoms with Gasteiger partial charge in [0, 0.05) is 12.6 Å². The van der Waals surface area contributed by atoms with Gasteiger partial charge in [-0.05, 0) is 65.9 Å². The van der Waals surface area contributed by atoms with Gasteiger partial charge in [0.05, 0.1) is 17.8 Å². The Morgan fingerprint density at radius 2 is 1.72 bits per heavy atom. The van der Waals surface area contributed by atoms with Gasteiger partial charge in [-0.3, -0.25) is 4.90 Å². The number of alkyl halides is 3. The predicted molar refractivity (Wildman–Crippen MR) is 102 cm³/mol. The summed E-state index contributed by atoms with van der Waals surface area (Å²) in [4.78, 5) is 2.33. The first-order valence-corrected chi connectivity index (χ1v) is 9.64. The number of tetrazole rings is 1. The quantitative estimate of drug-likeness (QED) is 0.586. The summed E-state index contributed by atoms with van der Waals surface area (Å²) in [6.45, 7) is 3.49. The van der Waals surface area contributed by atoms with Crippen molar-refractivity contribution in [2.24, 2.45) is 5.92 Å². The van der Waals surface area contributed by atoms with Gasteiger partial charge in [-0.15, -0.1) is 5.10 Å². The summed E-state index contributed by atoms with van der Waals surface area (Å²) >= 11 is 0. The lowest BCUT2D eigenvalue weighted by Gasteiger charge is -2.28. The van der Waals surface area contributed by atoms with Crippen molar-refractivity contribution in [1.29, 1.82) is 0 Å². The van der Waals surface area contributed by atoms with E-state index in [0.717, 1.165) is 18.7 Å². The molecule has 4 rings (SSSR count). The molecule has 29 heavy (non-hydrogen) atoms. The molecule has 0 bridgehead atoms. The highest BCUT2D eigenvalue weighted by atomic mass is 19.4. The second kappa shape index (κ2) is 7.94. The lowest BCUT2D eigenvalue weighted by Crippen LogP contribution is -2.34. The number of hydrogen-bond acceptors (Lipinski definition) is 4. The smallest absolute Gasteiger partial charge is 0.289 e. The molecule has 5 nitrogen and oxygen atoms in total. The first-order valence-electron chi connectivity index (χ1n) is 9.64. The third kappa shape index (κ3) is 4.64. The maximum Gasteiger partial charge on any atom is 0.416 e. The van der Waals surface area contributed by atoms with Crippen molar-refractivity contribution in [2.75, 3.05) is 0 Å². The summed E-state index contributed by atoms with van der Waals surface area (Å²) in [5.41, 5.74) is 1.02. The fraction of sp³-hybridized carbons (Fsp3) is 0.381. The van der Waals surface area contributed by atoms with E-state index in [2.05, 4.69) is 39.5 Å². The van der Waals surface area contributed by atoms with Crippen LogP contribution >= 0.6 is 0 Å². The molecule has 1 heterocycles. The zero-order valence-electron chi connectivity index (χ0n) is 16.0. The van der Waals surface area contributed by atoms with Crippen LogP contribution < -0.4 is 0 Å². The lowest BCUT2D eigenvalue weighted by molar-refractivity contribution is -0.137. The highest BCUT2D eigenvalue weighted by molar-refractivity contribution is 5.35. The second-order valence-corrected chi connectivity index (χ2v) is 7.52. The molecule has 1 atom stereocenters. The zero-order valence-corrected chi connectivity index (χ0v) is 16.0. The number of rotatable bonds is 7. The summed E-state index contributed by atoms with van der Waals surface area (Å²) in [5.74, 6) is 1.27. The molecule has 3 aromatic rings. The van der Waals surface area contributed by atoms with E-state index in [-0.39, 0.29) is 0 Å². The fourth-order valence-corrected chi connectivity index (χ4v) is 3.52. The molecular formula is C21H22F3N5. The lowest BCUT2D eigenvalue weighted by atomic mass is 10.1. The SMILES string of the molecule is CC(C1CC1)N(Cc1ccccc1)Cc1nnnn1-c1ccc(C(F)(F)F)cc1. The van der Waals surface area contributed by atoms with Gasteiger partial charge in [-0.1, -0.05) is 30.3 Å². The largest absolute Gasteiger partial charge is 0.416 e. The van der Waals surface area contributed by atoms with Crippen molar-refractivity contribution in [3.63, 3.8) is 0 Å². The summed E-state index contributed by atoms with van der Waals surface area (Å²) in [6.07, 6.45) is -1.93. The molecule has 0 radical (unpaired) electrons. The van der Waals surface area contributed by atoms with Crippen LogP contribution in [0.5, 0.6) is 0 Å². The molecule has 152 valence electrons. The Balaban J connectivity index is 1.57. The molecule has 8 heteroatoms. The predicted octanol–water partition coefficient (Wildman–Crippen LogP) is 4.48. The van der Waals surface area contributed by atoms with Crippen molar-refractivity contribution in [1.82, 2.24) is 25.1 Å². The average molecular weight is 401 g/mol. The van der Waals surface area contributed by atoms with Gasteiger partial charge in [0.2, 0.25) is 0 Å². The molecule has 1 unspecified atom stereocenters. The third-order valence-electron chi connectivity index (χ3n) is 5.43. The molecule has 1 aliphatic carbocycles. The highest BCUT2D eigenvalue weighted by Crippen LogP contribution is 2.36. The van der Waals surface area contributed by atoms with Gasteiger partial charge < -0.3 is 0 Å². The van der Waals surface area contributed by atoms with Gasteiger partial charge >= 0.3 is 6.18 Å². The Hall–Kier alpha value is -2.74. The normalized spacial score (nSPS) is 15.6. The van der Waals surface area contributed by atoms with Crippen LogP contribution in [0.1, 0.15) is 36.7 Å². The molecule has 1 aromatic heterocycles. The summed E-state index contributed by atoms with van der Waals surface area (Å²) < 4.78 is 40.0. The maximum absolute atomic E-state index is 12.8. The van der Waals surface area contributed by atoms with Gasteiger partial charge in [0.25, 0.3) is 0 Å². The second-order valence-electron chi connectivity index (χ2n) is 7.52. The minimum Gasteiger partial charge on any atom is -0.289 e. The van der Waals surface area contributed by atoms with Crippen molar-refractivity contribution in [3.05, 3.63) is 71.5 Å². The van der Waals surface area contributed by atoms with E-state index >= 15 is 0 Å². The number of halogens is 3. The molecule has 1 saturated carbocycles. The first-order chi connectivity index (χ1) is 13.9.